The molecule has 0 N–H and O–H groups in total. The van der Waals surface area contributed by atoms with Gasteiger partial charge in [-0.15, -0.1) is 0 Å². The third-order valence-electron chi connectivity index (χ3n) is 2.62. The first-order valence-electron chi connectivity index (χ1n) is 5.91. The van der Waals surface area contributed by atoms with Crippen LogP contribution in [-0.4, -0.2) is 14.7 Å². The van der Waals surface area contributed by atoms with Crippen LogP contribution in [0.2, 0.25) is 0 Å². The van der Waals surface area contributed by atoms with Crippen molar-refractivity contribution in [2.24, 2.45) is 5.41 Å². The van der Waals surface area contributed by atoms with Crippen molar-refractivity contribution in [3.05, 3.63) is 35.4 Å². The lowest BCUT2D eigenvalue weighted by molar-refractivity contribution is 0.378. The number of hydrogen-bond acceptors (Lipinski definition) is 2. The minimum Gasteiger partial charge on any atom is -0.229 e. The van der Waals surface area contributed by atoms with Crippen LogP contribution in [0.5, 0.6) is 0 Å². The van der Waals surface area contributed by atoms with Crippen LogP contribution in [0, 0.1) is 5.41 Å². The summed E-state index contributed by atoms with van der Waals surface area (Å²) in [5, 5.41) is 0. The van der Waals surface area contributed by atoms with Gasteiger partial charge in [0.25, 0.3) is 0 Å². The van der Waals surface area contributed by atoms with E-state index in [1.807, 2.05) is 24.3 Å². The average molecular weight is 254 g/mol. The van der Waals surface area contributed by atoms with E-state index in [9.17, 15) is 8.42 Å². The first-order valence-corrected chi connectivity index (χ1v) is 7.97. The van der Waals surface area contributed by atoms with Gasteiger partial charge < -0.3 is 0 Å². The van der Waals surface area contributed by atoms with Crippen LogP contribution in [0.3, 0.4) is 0 Å². The second-order valence-electron chi connectivity index (χ2n) is 5.95. The van der Waals surface area contributed by atoms with E-state index in [0.717, 1.165) is 18.4 Å². The molecule has 0 aromatic heterocycles. The maximum Gasteiger partial charge on any atom is 0.151 e. The third kappa shape index (κ3) is 6.47. The number of sulfone groups is 1. The molecule has 0 unspecified atom stereocenters. The summed E-state index contributed by atoms with van der Waals surface area (Å²) in [5.74, 6) is 0.131. The predicted octanol–water partition coefficient (Wildman–Crippen LogP) is 3.21. The molecule has 0 aliphatic rings. The fraction of sp³-hybridized carbons (Fsp3) is 0.571. The molecule has 0 aliphatic carbocycles. The van der Waals surface area contributed by atoms with Gasteiger partial charge in [-0.3, -0.25) is 0 Å². The van der Waals surface area contributed by atoms with E-state index in [0.29, 0.717) is 5.41 Å². The van der Waals surface area contributed by atoms with Gasteiger partial charge in [0.15, 0.2) is 9.84 Å². The molecule has 17 heavy (non-hydrogen) atoms. The lowest BCUT2D eigenvalue weighted by atomic mass is 9.88. The van der Waals surface area contributed by atoms with E-state index >= 15 is 0 Å². The minimum atomic E-state index is -2.93. The van der Waals surface area contributed by atoms with Crippen molar-refractivity contribution in [2.75, 3.05) is 6.26 Å². The summed E-state index contributed by atoms with van der Waals surface area (Å²) in [6.07, 6.45) is 3.45. The Morgan fingerprint density at radius 2 is 1.47 bits per heavy atom. The highest BCUT2D eigenvalue weighted by atomic mass is 32.2. The van der Waals surface area contributed by atoms with E-state index in [-0.39, 0.29) is 5.75 Å². The molecule has 0 atom stereocenters. The first-order chi connectivity index (χ1) is 7.66. The molecular weight excluding hydrogens is 232 g/mol. The standard InChI is InChI=1S/C14H22O2S/c1-14(2,3)10-9-12-5-7-13(8-6-12)11-17(4,15)16/h5-8H,9-11H2,1-4H3. The van der Waals surface area contributed by atoms with E-state index in [1.165, 1.54) is 11.8 Å². The summed E-state index contributed by atoms with van der Waals surface area (Å²) in [4.78, 5) is 0. The zero-order valence-electron chi connectivity index (χ0n) is 11.2. The molecule has 3 heteroatoms. The van der Waals surface area contributed by atoms with E-state index < -0.39 is 9.84 Å². The zero-order valence-corrected chi connectivity index (χ0v) is 12.0. The van der Waals surface area contributed by atoms with Crippen molar-refractivity contribution >= 4 is 9.84 Å². The van der Waals surface area contributed by atoms with Crippen molar-refractivity contribution in [3.63, 3.8) is 0 Å². The molecule has 1 aromatic carbocycles. The Balaban J connectivity index is 2.63. The van der Waals surface area contributed by atoms with Crippen molar-refractivity contribution in [2.45, 2.75) is 39.4 Å². The van der Waals surface area contributed by atoms with Crippen LogP contribution >= 0.6 is 0 Å². The summed E-state index contributed by atoms with van der Waals surface area (Å²) in [5.41, 5.74) is 2.48. The van der Waals surface area contributed by atoms with Gasteiger partial charge in [-0.25, -0.2) is 8.42 Å². The smallest absolute Gasteiger partial charge is 0.151 e. The highest BCUT2D eigenvalue weighted by Gasteiger charge is 2.10. The van der Waals surface area contributed by atoms with Gasteiger partial charge in [0.05, 0.1) is 5.75 Å². The molecule has 0 radical (unpaired) electrons. The van der Waals surface area contributed by atoms with Crippen molar-refractivity contribution < 1.29 is 8.42 Å². The second-order valence-corrected chi connectivity index (χ2v) is 8.09. The molecule has 0 amide bonds. The molecule has 0 bridgehead atoms. The van der Waals surface area contributed by atoms with E-state index in [1.54, 1.807) is 0 Å². The third-order valence-corrected chi connectivity index (χ3v) is 3.47. The lowest BCUT2D eigenvalue weighted by Crippen LogP contribution is -2.06. The quantitative estimate of drug-likeness (QED) is 0.827. The second kappa shape index (κ2) is 5.21. The van der Waals surface area contributed by atoms with E-state index in [2.05, 4.69) is 20.8 Å². The lowest BCUT2D eigenvalue weighted by Gasteiger charge is -2.17. The van der Waals surface area contributed by atoms with Crippen LogP contribution < -0.4 is 0 Å². The van der Waals surface area contributed by atoms with Crippen LogP contribution in [0.4, 0.5) is 0 Å². The molecule has 0 fully saturated rings. The van der Waals surface area contributed by atoms with Gasteiger partial charge in [-0.1, -0.05) is 45.0 Å². The highest BCUT2D eigenvalue weighted by Crippen LogP contribution is 2.21. The zero-order chi connectivity index (χ0) is 13.1. The summed E-state index contributed by atoms with van der Waals surface area (Å²) >= 11 is 0. The van der Waals surface area contributed by atoms with Crippen LogP contribution in [-0.2, 0) is 22.0 Å². The SMILES string of the molecule is CC(C)(C)CCc1ccc(CS(C)(=O)=O)cc1. The number of hydrogen-bond donors (Lipinski definition) is 0. The van der Waals surface area contributed by atoms with Gasteiger partial charge >= 0.3 is 0 Å². The predicted molar refractivity (Wildman–Crippen MR) is 72.8 cm³/mol. The van der Waals surface area contributed by atoms with Crippen LogP contribution in [0.15, 0.2) is 24.3 Å². The van der Waals surface area contributed by atoms with Gasteiger partial charge in [-0.2, -0.15) is 0 Å². The van der Waals surface area contributed by atoms with Crippen LogP contribution in [0.1, 0.15) is 38.3 Å². The average Bonchev–Trinajstić information content (AvgIpc) is 2.13. The number of benzene rings is 1. The van der Waals surface area contributed by atoms with Crippen LogP contribution in [0.25, 0.3) is 0 Å². The van der Waals surface area contributed by atoms with Gasteiger partial charge in [0.1, 0.15) is 0 Å². The normalized spacial score (nSPS) is 12.7. The van der Waals surface area contributed by atoms with Crippen molar-refractivity contribution in [1.82, 2.24) is 0 Å². The Bertz CT molecular complexity index is 450. The van der Waals surface area contributed by atoms with Gasteiger partial charge in [0, 0.05) is 6.26 Å². The molecule has 96 valence electrons. The fourth-order valence-corrected chi connectivity index (χ4v) is 2.42. The Kier molecular flexibility index (Phi) is 4.36. The molecule has 0 spiro atoms. The Morgan fingerprint density at radius 3 is 1.88 bits per heavy atom. The first kappa shape index (κ1) is 14.2. The van der Waals surface area contributed by atoms with E-state index in [4.69, 9.17) is 0 Å². The highest BCUT2D eigenvalue weighted by molar-refractivity contribution is 7.89. The molecule has 0 saturated carbocycles. The molecular formula is C14H22O2S. The van der Waals surface area contributed by atoms with Gasteiger partial charge in [0.2, 0.25) is 0 Å². The Hall–Kier alpha value is -0.830. The number of aryl methyl sites for hydroxylation is 1. The maximum absolute atomic E-state index is 11.1. The molecule has 0 saturated heterocycles. The summed E-state index contributed by atoms with van der Waals surface area (Å²) in [6, 6.07) is 7.90. The monoisotopic (exact) mass is 254 g/mol. The summed E-state index contributed by atoms with van der Waals surface area (Å²) in [6.45, 7) is 6.68. The summed E-state index contributed by atoms with van der Waals surface area (Å²) in [7, 11) is -2.93. The summed E-state index contributed by atoms with van der Waals surface area (Å²) < 4.78 is 22.3. The molecule has 1 rings (SSSR count). The number of rotatable bonds is 4. The largest absolute Gasteiger partial charge is 0.229 e. The topological polar surface area (TPSA) is 34.1 Å². The molecule has 0 aliphatic heterocycles. The Labute approximate surface area is 105 Å². The molecule has 1 aromatic rings. The van der Waals surface area contributed by atoms with Gasteiger partial charge in [-0.05, 0) is 29.4 Å². The molecule has 0 heterocycles. The van der Waals surface area contributed by atoms with Crippen molar-refractivity contribution in [3.8, 4) is 0 Å². The molecule has 2 nitrogen and oxygen atoms in total. The van der Waals surface area contributed by atoms with Crippen molar-refractivity contribution in [1.29, 1.82) is 0 Å². The Morgan fingerprint density at radius 1 is 1.00 bits per heavy atom. The fourth-order valence-electron chi connectivity index (χ4n) is 1.62. The maximum atomic E-state index is 11.1. The minimum absolute atomic E-state index is 0.131.